The fourth-order valence-electron chi connectivity index (χ4n) is 6.47. The number of anilines is 1. The molecule has 0 aromatic heterocycles. The van der Waals surface area contributed by atoms with Crippen molar-refractivity contribution in [3.63, 3.8) is 0 Å². The lowest BCUT2D eigenvalue weighted by atomic mass is 9.51. The van der Waals surface area contributed by atoms with E-state index in [-0.39, 0.29) is 23.8 Å². The van der Waals surface area contributed by atoms with Crippen LogP contribution in [0.4, 0.5) is 5.69 Å². The zero-order valence-electron chi connectivity index (χ0n) is 19.6. The minimum Gasteiger partial charge on any atom is -0.492 e. The Hall–Kier alpha value is -4.33. The van der Waals surface area contributed by atoms with Gasteiger partial charge in [0.15, 0.2) is 5.78 Å². The summed E-state index contributed by atoms with van der Waals surface area (Å²) in [7, 11) is 0. The molecular formula is C28H22N2O6. The van der Waals surface area contributed by atoms with E-state index in [1.165, 1.54) is 13.0 Å². The summed E-state index contributed by atoms with van der Waals surface area (Å²) in [4.78, 5) is 54.1. The molecule has 0 N–H and O–H groups in total. The SMILES string of the molecule is CCOc1ccc(C(C)=O)cc1N1C(=O)[C@@H]2C3c4ccccc4C([N+](=O)[O-])(c4ccccc43)[C@@H]2C1=O. The van der Waals surface area contributed by atoms with Gasteiger partial charge in [0.1, 0.15) is 11.7 Å². The molecule has 0 spiro atoms. The van der Waals surface area contributed by atoms with E-state index >= 15 is 0 Å². The second-order valence-electron chi connectivity index (χ2n) is 9.36. The Balaban J connectivity index is 1.63. The van der Waals surface area contributed by atoms with E-state index in [0.717, 1.165) is 4.90 Å². The van der Waals surface area contributed by atoms with Crippen LogP contribution in [0.5, 0.6) is 5.75 Å². The maximum absolute atomic E-state index is 14.2. The molecule has 1 heterocycles. The van der Waals surface area contributed by atoms with Crippen molar-refractivity contribution in [2.24, 2.45) is 11.8 Å². The highest BCUT2D eigenvalue weighted by atomic mass is 16.6. The van der Waals surface area contributed by atoms with Crippen molar-refractivity contribution in [3.05, 3.63) is 105 Å². The second kappa shape index (κ2) is 7.58. The Bertz CT molecular complexity index is 1450. The molecule has 8 nitrogen and oxygen atoms in total. The lowest BCUT2D eigenvalue weighted by molar-refractivity contribution is -0.578. The first-order valence-corrected chi connectivity index (χ1v) is 11.8. The largest absolute Gasteiger partial charge is 0.492 e. The van der Waals surface area contributed by atoms with Gasteiger partial charge in [0, 0.05) is 27.5 Å². The average Bonchev–Trinajstić information content (AvgIpc) is 3.14. The number of amides is 2. The van der Waals surface area contributed by atoms with E-state index in [4.69, 9.17) is 4.74 Å². The fourth-order valence-corrected chi connectivity index (χ4v) is 6.47. The lowest BCUT2D eigenvalue weighted by Gasteiger charge is -2.48. The molecule has 0 saturated carbocycles. The van der Waals surface area contributed by atoms with Crippen LogP contribution < -0.4 is 9.64 Å². The molecule has 4 aliphatic rings. The van der Waals surface area contributed by atoms with Crippen LogP contribution in [0.25, 0.3) is 0 Å². The van der Waals surface area contributed by atoms with E-state index in [1.54, 1.807) is 55.5 Å². The van der Waals surface area contributed by atoms with Crippen molar-refractivity contribution in [3.8, 4) is 5.75 Å². The smallest absolute Gasteiger partial charge is 0.285 e. The molecule has 2 amide bonds. The van der Waals surface area contributed by atoms with Crippen molar-refractivity contribution in [1.29, 1.82) is 0 Å². The Kier molecular flexibility index (Phi) is 4.67. The van der Waals surface area contributed by atoms with E-state index in [0.29, 0.717) is 27.8 Å². The third kappa shape index (κ3) is 2.56. The van der Waals surface area contributed by atoms with Crippen LogP contribution in [-0.4, -0.2) is 29.1 Å². The third-order valence-electron chi connectivity index (χ3n) is 7.77. The summed E-state index contributed by atoms with van der Waals surface area (Å²) in [5.41, 5.74) is 0.829. The number of nitrogens with zero attached hydrogens (tertiary/aromatic N) is 2. The molecule has 1 aliphatic heterocycles. The molecule has 0 unspecified atom stereocenters. The van der Waals surface area contributed by atoms with Gasteiger partial charge in [0.25, 0.3) is 5.54 Å². The first-order chi connectivity index (χ1) is 17.3. The standard InChI is InChI=1S/C28H22N2O6/c1-3-36-22-13-12-16(15(2)31)14-21(22)29-26(32)24-23-17-8-4-6-10-19(17)28(30(34)35,25(24)27(29)33)20-11-7-5-9-18(20)23/h4-14,23-25H,3H2,1-2H3/t23?,24-,25+,28?/m1/s1. The molecule has 180 valence electrons. The Morgan fingerprint density at radius 1 is 1.00 bits per heavy atom. The van der Waals surface area contributed by atoms with E-state index in [9.17, 15) is 24.5 Å². The van der Waals surface area contributed by atoms with Gasteiger partial charge in [-0.3, -0.25) is 24.5 Å². The maximum atomic E-state index is 14.2. The number of imide groups is 1. The number of ketones is 1. The molecule has 3 aromatic carbocycles. The average molecular weight is 482 g/mol. The molecule has 0 radical (unpaired) electrons. The summed E-state index contributed by atoms with van der Waals surface area (Å²) in [5.74, 6) is -3.84. The minimum absolute atomic E-state index is 0.139. The number of nitro groups is 1. The van der Waals surface area contributed by atoms with Gasteiger partial charge in [0.2, 0.25) is 11.8 Å². The van der Waals surface area contributed by atoms with Gasteiger partial charge < -0.3 is 4.74 Å². The van der Waals surface area contributed by atoms with Crippen molar-refractivity contribution < 1.29 is 24.0 Å². The molecule has 1 fully saturated rings. The third-order valence-corrected chi connectivity index (χ3v) is 7.77. The highest BCUT2D eigenvalue weighted by molar-refractivity contribution is 6.24. The van der Waals surface area contributed by atoms with Crippen LogP contribution in [0.2, 0.25) is 0 Å². The van der Waals surface area contributed by atoms with Crippen LogP contribution in [0.3, 0.4) is 0 Å². The number of rotatable bonds is 5. The van der Waals surface area contributed by atoms with Crippen LogP contribution in [0, 0.1) is 22.0 Å². The summed E-state index contributed by atoms with van der Waals surface area (Å²) in [5, 5.41) is 13.1. The highest BCUT2D eigenvalue weighted by Crippen LogP contribution is 2.64. The second-order valence-corrected chi connectivity index (χ2v) is 9.36. The minimum atomic E-state index is -1.90. The van der Waals surface area contributed by atoms with E-state index in [2.05, 4.69) is 0 Å². The fraction of sp³-hybridized carbons (Fsp3) is 0.250. The summed E-state index contributed by atoms with van der Waals surface area (Å²) < 4.78 is 5.71. The van der Waals surface area contributed by atoms with Crippen LogP contribution >= 0.6 is 0 Å². The Morgan fingerprint density at radius 2 is 1.61 bits per heavy atom. The topological polar surface area (TPSA) is 107 Å². The van der Waals surface area contributed by atoms with Gasteiger partial charge in [0.05, 0.1) is 18.2 Å². The molecular weight excluding hydrogens is 460 g/mol. The zero-order valence-corrected chi connectivity index (χ0v) is 19.6. The number of hydrogen-bond acceptors (Lipinski definition) is 6. The van der Waals surface area contributed by atoms with Crippen molar-refractivity contribution >= 4 is 23.3 Å². The first kappa shape index (κ1) is 22.2. The normalized spacial score (nSPS) is 25.3. The molecule has 8 heteroatoms. The molecule has 3 aliphatic carbocycles. The van der Waals surface area contributed by atoms with Gasteiger partial charge in [-0.15, -0.1) is 0 Å². The van der Waals surface area contributed by atoms with Crippen LogP contribution in [0.1, 0.15) is 52.4 Å². The number of benzene rings is 3. The summed E-state index contributed by atoms with van der Waals surface area (Å²) >= 11 is 0. The predicted octanol–water partition coefficient (Wildman–Crippen LogP) is 4.07. The monoisotopic (exact) mass is 482 g/mol. The first-order valence-electron chi connectivity index (χ1n) is 11.8. The van der Waals surface area contributed by atoms with Gasteiger partial charge >= 0.3 is 0 Å². The molecule has 2 atom stereocenters. The molecule has 3 aromatic rings. The van der Waals surface area contributed by atoms with E-state index in [1.807, 2.05) is 12.1 Å². The number of ether oxygens (including phenoxy) is 1. The highest BCUT2D eigenvalue weighted by Gasteiger charge is 2.75. The van der Waals surface area contributed by atoms with Gasteiger partial charge in [-0.25, -0.2) is 4.90 Å². The summed E-state index contributed by atoms with van der Waals surface area (Å²) in [6.45, 7) is 3.43. The Morgan fingerprint density at radius 3 is 2.17 bits per heavy atom. The summed E-state index contributed by atoms with van der Waals surface area (Å²) in [6, 6.07) is 18.7. The van der Waals surface area contributed by atoms with Crippen molar-refractivity contribution in [2.45, 2.75) is 25.3 Å². The van der Waals surface area contributed by atoms with E-state index < -0.39 is 40.0 Å². The van der Waals surface area contributed by atoms with Gasteiger partial charge in [-0.05, 0) is 43.2 Å². The molecule has 7 rings (SSSR count). The lowest BCUT2D eigenvalue weighted by Crippen LogP contribution is -2.57. The maximum Gasteiger partial charge on any atom is 0.285 e. The van der Waals surface area contributed by atoms with Crippen molar-refractivity contribution in [1.82, 2.24) is 0 Å². The van der Waals surface area contributed by atoms with Crippen LogP contribution in [-0.2, 0) is 15.1 Å². The zero-order chi connectivity index (χ0) is 25.4. The number of Topliss-reactive ketones (excluding diaryl/α,β-unsaturated/α-hetero) is 1. The van der Waals surface area contributed by atoms with Crippen LogP contribution in [0.15, 0.2) is 66.7 Å². The number of carbonyl (C=O) groups is 3. The Labute approximate surface area is 206 Å². The number of hydrogen-bond donors (Lipinski definition) is 0. The molecule has 2 bridgehead atoms. The van der Waals surface area contributed by atoms with Gasteiger partial charge in [-0.1, -0.05) is 48.5 Å². The number of carbonyl (C=O) groups excluding carboxylic acids is 3. The molecule has 1 saturated heterocycles. The predicted molar refractivity (Wildman–Crippen MR) is 130 cm³/mol. The molecule has 36 heavy (non-hydrogen) atoms. The summed E-state index contributed by atoms with van der Waals surface area (Å²) in [6.07, 6.45) is 0. The quantitative estimate of drug-likeness (QED) is 0.235. The van der Waals surface area contributed by atoms with Crippen molar-refractivity contribution in [2.75, 3.05) is 11.5 Å². The van der Waals surface area contributed by atoms with Gasteiger partial charge in [-0.2, -0.15) is 0 Å².